The summed E-state index contributed by atoms with van der Waals surface area (Å²) >= 11 is 0. The van der Waals surface area contributed by atoms with E-state index in [0.717, 1.165) is 39.3 Å². The number of carbonyl (C=O) groups excluding carboxylic acids is 2. The minimum atomic E-state index is -0.282. The molecule has 1 aromatic carbocycles. The van der Waals surface area contributed by atoms with E-state index in [9.17, 15) is 9.59 Å². The normalized spacial score (nSPS) is 17.0. The van der Waals surface area contributed by atoms with Crippen LogP contribution < -0.4 is 15.0 Å². The molecule has 0 aliphatic carbocycles. The summed E-state index contributed by atoms with van der Waals surface area (Å²) < 4.78 is 16.2. The van der Waals surface area contributed by atoms with Crippen LogP contribution in [0.15, 0.2) is 34.9 Å². The summed E-state index contributed by atoms with van der Waals surface area (Å²) in [6.45, 7) is 5.00. The number of nitrogens with zero attached hydrogens (tertiary/aromatic N) is 3. The van der Waals surface area contributed by atoms with Crippen LogP contribution in [0.25, 0.3) is 0 Å². The Morgan fingerprint density at radius 3 is 2.90 bits per heavy atom. The predicted molar refractivity (Wildman–Crippen MR) is 104 cm³/mol. The third kappa shape index (κ3) is 4.75. The molecule has 4 rings (SSSR count). The van der Waals surface area contributed by atoms with Gasteiger partial charge >= 0.3 is 0 Å². The number of anilines is 1. The molecule has 0 atom stereocenters. The van der Waals surface area contributed by atoms with Crippen molar-refractivity contribution in [2.75, 3.05) is 50.9 Å². The quantitative estimate of drug-likeness (QED) is 0.694. The van der Waals surface area contributed by atoms with E-state index in [4.69, 9.17) is 13.9 Å². The fourth-order valence-corrected chi connectivity index (χ4v) is 3.37. The van der Waals surface area contributed by atoms with E-state index in [1.807, 2.05) is 12.1 Å². The molecule has 0 spiro atoms. The molecule has 3 heterocycles. The van der Waals surface area contributed by atoms with Crippen molar-refractivity contribution >= 4 is 17.5 Å². The minimum absolute atomic E-state index is 0.0335. The Labute approximate surface area is 168 Å². The molecule has 2 amide bonds. The monoisotopic (exact) mass is 400 g/mol. The molecule has 154 valence electrons. The van der Waals surface area contributed by atoms with E-state index < -0.39 is 0 Å². The number of carbonyl (C=O) groups is 2. The highest BCUT2D eigenvalue weighted by Gasteiger charge is 2.27. The number of amides is 2. The third-order valence-corrected chi connectivity index (χ3v) is 4.93. The predicted octanol–water partition coefficient (Wildman–Crippen LogP) is 1.05. The number of morpholine rings is 1. The number of fused-ring (bicyclic) bond motifs is 1. The lowest BCUT2D eigenvalue weighted by Gasteiger charge is -2.28. The van der Waals surface area contributed by atoms with Gasteiger partial charge in [0.25, 0.3) is 11.8 Å². The number of oxazole rings is 1. The third-order valence-electron chi connectivity index (χ3n) is 4.93. The first-order valence-electron chi connectivity index (χ1n) is 9.75. The Kier molecular flexibility index (Phi) is 6.06. The first-order valence-corrected chi connectivity index (χ1v) is 9.75. The van der Waals surface area contributed by atoms with Crippen molar-refractivity contribution in [2.45, 2.75) is 13.0 Å². The van der Waals surface area contributed by atoms with Crippen LogP contribution in [0.1, 0.15) is 22.8 Å². The van der Waals surface area contributed by atoms with Crippen molar-refractivity contribution in [1.82, 2.24) is 15.2 Å². The van der Waals surface area contributed by atoms with E-state index in [-0.39, 0.29) is 30.7 Å². The maximum Gasteiger partial charge on any atom is 0.273 e. The van der Waals surface area contributed by atoms with Gasteiger partial charge in [-0.25, -0.2) is 4.98 Å². The van der Waals surface area contributed by atoms with Crippen LogP contribution in [0.5, 0.6) is 5.75 Å². The van der Waals surface area contributed by atoms with Gasteiger partial charge in [0.05, 0.1) is 18.9 Å². The lowest BCUT2D eigenvalue weighted by Crippen LogP contribution is -2.38. The maximum absolute atomic E-state index is 12.3. The fraction of sp³-hybridized carbons (Fsp3) is 0.450. The first-order chi connectivity index (χ1) is 14.2. The Morgan fingerprint density at radius 1 is 1.21 bits per heavy atom. The lowest BCUT2D eigenvalue weighted by molar-refractivity contribution is -0.121. The van der Waals surface area contributed by atoms with Gasteiger partial charge in [0.1, 0.15) is 18.6 Å². The van der Waals surface area contributed by atoms with Gasteiger partial charge in [-0.2, -0.15) is 0 Å². The highest BCUT2D eigenvalue weighted by molar-refractivity contribution is 5.97. The topological polar surface area (TPSA) is 97.1 Å². The largest absolute Gasteiger partial charge is 0.482 e. The van der Waals surface area contributed by atoms with Crippen molar-refractivity contribution in [3.8, 4) is 5.75 Å². The average Bonchev–Trinajstić information content (AvgIpc) is 3.23. The highest BCUT2D eigenvalue weighted by atomic mass is 16.5. The van der Waals surface area contributed by atoms with Crippen LogP contribution >= 0.6 is 0 Å². The molecule has 1 saturated heterocycles. The minimum Gasteiger partial charge on any atom is -0.482 e. The SMILES string of the molecule is O=C(NCCCN1CCOCC1)c1coc(CN2C(=O)COc3ccccc32)n1. The number of ether oxygens (including phenoxy) is 2. The summed E-state index contributed by atoms with van der Waals surface area (Å²) in [5.41, 5.74) is 0.872. The second-order valence-electron chi connectivity index (χ2n) is 6.93. The number of nitrogens with one attached hydrogen (secondary N) is 1. The number of hydrogen-bond donors (Lipinski definition) is 1. The van der Waals surface area contributed by atoms with E-state index in [0.29, 0.717) is 23.9 Å². The Hall–Kier alpha value is -2.91. The van der Waals surface area contributed by atoms with Gasteiger partial charge < -0.3 is 19.2 Å². The molecule has 29 heavy (non-hydrogen) atoms. The van der Waals surface area contributed by atoms with Crippen molar-refractivity contribution in [3.05, 3.63) is 42.1 Å². The molecule has 0 saturated carbocycles. The van der Waals surface area contributed by atoms with Gasteiger partial charge in [-0.1, -0.05) is 12.1 Å². The van der Waals surface area contributed by atoms with Gasteiger partial charge in [-0.05, 0) is 25.1 Å². The number of para-hydroxylation sites is 2. The molecule has 2 aromatic rings. The number of aromatic nitrogens is 1. The summed E-state index contributed by atoms with van der Waals surface area (Å²) in [5.74, 6) is 0.470. The zero-order valence-electron chi connectivity index (χ0n) is 16.1. The summed E-state index contributed by atoms with van der Waals surface area (Å²) in [5, 5.41) is 2.86. The smallest absolute Gasteiger partial charge is 0.273 e. The number of rotatable bonds is 7. The maximum atomic E-state index is 12.3. The molecule has 9 heteroatoms. The van der Waals surface area contributed by atoms with E-state index in [1.54, 1.807) is 17.0 Å². The molecule has 2 aliphatic rings. The Balaban J connectivity index is 1.29. The summed E-state index contributed by atoms with van der Waals surface area (Å²) in [6.07, 6.45) is 2.18. The summed E-state index contributed by atoms with van der Waals surface area (Å²) in [4.78, 5) is 32.7. The zero-order chi connectivity index (χ0) is 20.1. The molecule has 0 bridgehead atoms. The van der Waals surface area contributed by atoms with Crippen molar-refractivity contribution in [1.29, 1.82) is 0 Å². The first kappa shape index (κ1) is 19.4. The summed E-state index contributed by atoms with van der Waals surface area (Å²) in [7, 11) is 0. The molecule has 1 aromatic heterocycles. The number of hydrogen-bond acceptors (Lipinski definition) is 7. The average molecular weight is 400 g/mol. The molecule has 1 N–H and O–H groups in total. The second-order valence-corrected chi connectivity index (χ2v) is 6.93. The molecule has 1 fully saturated rings. The molecule has 9 nitrogen and oxygen atoms in total. The lowest BCUT2D eigenvalue weighted by atomic mass is 10.2. The standard InChI is InChI=1S/C20H24N4O5/c25-19-14-28-17-5-2-1-4-16(17)24(19)12-18-22-15(13-29-18)20(26)21-6-3-7-23-8-10-27-11-9-23/h1-2,4-5,13H,3,6-12,14H2,(H,21,26). The van der Waals surface area contributed by atoms with E-state index >= 15 is 0 Å². The molecule has 0 unspecified atom stereocenters. The highest BCUT2D eigenvalue weighted by Crippen LogP contribution is 2.32. The van der Waals surface area contributed by atoms with Gasteiger partial charge in [0.2, 0.25) is 5.89 Å². The number of benzene rings is 1. The fourth-order valence-electron chi connectivity index (χ4n) is 3.37. The van der Waals surface area contributed by atoms with Crippen LogP contribution in [0.2, 0.25) is 0 Å². The molecule has 2 aliphatic heterocycles. The molecular weight excluding hydrogens is 376 g/mol. The van der Waals surface area contributed by atoms with Crippen LogP contribution in [0.4, 0.5) is 5.69 Å². The van der Waals surface area contributed by atoms with Crippen LogP contribution in [0, 0.1) is 0 Å². The van der Waals surface area contributed by atoms with Gasteiger partial charge in [-0.15, -0.1) is 0 Å². The van der Waals surface area contributed by atoms with Crippen molar-refractivity contribution in [2.24, 2.45) is 0 Å². The van der Waals surface area contributed by atoms with Crippen LogP contribution in [-0.2, 0) is 16.1 Å². The Morgan fingerprint density at radius 2 is 2.03 bits per heavy atom. The van der Waals surface area contributed by atoms with Gasteiger partial charge in [0.15, 0.2) is 12.3 Å². The van der Waals surface area contributed by atoms with E-state index in [2.05, 4.69) is 15.2 Å². The Bertz CT molecular complexity index is 862. The molecular formula is C20H24N4O5. The van der Waals surface area contributed by atoms with Gasteiger partial charge in [0, 0.05) is 19.6 Å². The van der Waals surface area contributed by atoms with Crippen LogP contribution in [0.3, 0.4) is 0 Å². The zero-order valence-corrected chi connectivity index (χ0v) is 16.1. The van der Waals surface area contributed by atoms with Crippen LogP contribution in [-0.4, -0.2) is 67.7 Å². The van der Waals surface area contributed by atoms with Crippen molar-refractivity contribution in [3.63, 3.8) is 0 Å². The second kappa shape index (κ2) is 9.06. The molecule has 0 radical (unpaired) electrons. The van der Waals surface area contributed by atoms with Gasteiger partial charge in [-0.3, -0.25) is 19.4 Å². The summed E-state index contributed by atoms with van der Waals surface area (Å²) in [6, 6.07) is 7.29. The van der Waals surface area contributed by atoms with Crippen molar-refractivity contribution < 1.29 is 23.5 Å². The van der Waals surface area contributed by atoms with E-state index in [1.165, 1.54) is 6.26 Å².